The Morgan fingerprint density at radius 3 is 1.60 bits per heavy atom. The first kappa shape index (κ1) is 54.8. The van der Waals surface area contributed by atoms with E-state index in [9.17, 15) is 54.8 Å². The zero-order valence-electron chi connectivity index (χ0n) is 35.8. The fraction of sp³-hybridized carbons (Fsp3) is 0.951. The molecule has 60 heavy (non-hydrogen) atoms. The molecule has 2 aliphatic rings. The predicted octanol–water partition coefficient (Wildman–Crippen LogP) is 2.54. The number of aliphatic hydroxyl groups is 7. The van der Waals surface area contributed by atoms with Crippen LogP contribution in [0.2, 0.25) is 0 Å². The number of carbonyl (C=O) groups excluding carboxylic acids is 2. The van der Waals surface area contributed by atoms with Crippen molar-refractivity contribution in [1.29, 1.82) is 0 Å². The molecule has 18 nitrogen and oxygen atoms in total. The second-order valence-corrected chi connectivity index (χ2v) is 17.7. The minimum atomic E-state index is -5.54. The molecule has 2 rings (SSSR count). The summed E-state index contributed by atoms with van der Waals surface area (Å²) in [6.07, 6.45) is 0.935. The number of ether oxygens (including phenoxy) is 4. The summed E-state index contributed by atoms with van der Waals surface area (Å²) in [5, 5.41) is 72.7. The summed E-state index contributed by atoms with van der Waals surface area (Å²) >= 11 is 0. The molecule has 1 unspecified atom stereocenters. The van der Waals surface area contributed by atoms with Crippen LogP contribution in [-0.2, 0) is 42.1 Å². The average molecular weight is 887 g/mol. The van der Waals surface area contributed by atoms with E-state index in [0.717, 1.165) is 51.4 Å². The molecule has 1 aliphatic carbocycles. The highest BCUT2D eigenvalue weighted by atomic mass is 31.2. The van der Waals surface area contributed by atoms with Crippen LogP contribution < -0.4 is 10.6 Å². The molecule has 13 atom stereocenters. The summed E-state index contributed by atoms with van der Waals surface area (Å²) < 4.78 is 44.7. The fourth-order valence-corrected chi connectivity index (χ4v) is 8.29. The maximum atomic E-state index is 13.1. The molecule has 2 fully saturated rings. The van der Waals surface area contributed by atoms with E-state index in [0.29, 0.717) is 12.8 Å². The Morgan fingerprint density at radius 1 is 0.633 bits per heavy atom. The molecule has 19 heteroatoms. The van der Waals surface area contributed by atoms with Gasteiger partial charge in [-0.2, -0.15) is 0 Å². The lowest BCUT2D eigenvalue weighted by Crippen LogP contribution is -2.68. The lowest BCUT2D eigenvalue weighted by atomic mass is 9.84. The lowest BCUT2D eigenvalue weighted by molar-refractivity contribution is -0.319. The van der Waals surface area contributed by atoms with Gasteiger partial charge in [0.1, 0.15) is 61.5 Å². The van der Waals surface area contributed by atoms with Crippen molar-refractivity contribution in [1.82, 2.24) is 0 Å². The van der Waals surface area contributed by atoms with E-state index in [1.54, 1.807) is 0 Å². The number of nitrogens with two attached hydrogens (primary N) is 1. The average Bonchev–Trinajstić information content (AvgIpc) is 3.22. The van der Waals surface area contributed by atoms with Crippen molar-refractivity contribution < 1.29 is 82.8 Å². The largest absolute Gasteiger partial charge is 0.756 e. The van der Waals surface area contributed by atoms with Crippen LogP contribution in [0.25, 0.3) is 0 Å². The first-order valence-corrected chi connectivity index (χ1v) is 23.9. The topological polar surface area (TPSA) is 297 Å². The summed E-state index contributed by atoms with van der Waals surface area (Å²) in [5.41, 5.74) is 5.88. The molecule has 0 bridgehead atoms. The number of hydrogen-bond acceptors (Lipinski definition) is 18. The van der Waals surface area contributed by atoms with Gasteiger partial charge in [-0.1, -0.05) is 129 Å². The highest BCUT2D eigenvalue weighted by molar-refractivity contribution is 7.45. The van der Waals surface area contributed by atoms with Gasteiger partial charge < -0.3 is 74.4 Å². The molecule has 1 aliphatic heterocycles. The summed E-state index contributed by atoms with van der Waals surface area (Å²) in [6, 6.07) is -1.49. The monoisotopic (exact) mass is 886 g/mol. The third-order valence-corrected chi connectivity index (χ3v) is 12.1. The molecule has 0 aromatic carbocycles. The van der Waals surface area contributed by atoms with E-state index in [-0.39, 0.29) is 12.8 Å². The van der Waals surface area contributed by atoms with Gasteiger partial charge in [0.15, 0.2) is 12.4 Å². The van der Waals surface area contributed by atoms with Crippen molar-refractivity contribution >= 4 is 19.8 Å². The fourth-order valence-electron chi connectivity index (χ4n) is 7.33. The standard InChI is InChI=1S/C41H78NO17P/c1-3-5-7-9-11-13-15-17-19-21-23-30(44)54-26-28(56-31(45)24-22-20-18-16-14-12-10-8-6-4-2)27-55-60(52,53)59-40-37(50)35(48)36(49)39(38(40)51)58-41-32(42)34(47)33(46)29(25-43)57-41/h28-29,32-41,43,46-51H,3-27,42H2,1-2H3,(H,52,53)/p-1/t28-,29-,32-,33+,34-,35+,36+,37+,38+,39-,40-,41-/m1/s1. The molecule has 0 aromatic heterocycles. The van der Waals surface area contributed by atoms with Gasteiger partial charge >= 0.3 is 11.9 Å². The smallest absolute Gasteiger partial charge is 0.306 e. The van der Waals surface area contributed by atoms with Crippen molar-refractivity contribution in [3.05, 3.63) is 0 Å². The molecular formula is C41H77NO17P-. The minimum Gasteiger partial charge on any atom is -0.756 e. The van der Waals surface area contributed by atoms with Gasteiger partial charge in [-0.15, -0.1) is 0 Å². The van der Waals surface area contributed by atoms with Crippen molar-refractivity contribution in [2.75, 3.05) is 19.8 Å². The second-order valence-electron chi connectivity index (χ2n) is 16.3. The molecule has 354 valence electrons. The molecular weight excluding hydrogens is 809 g/mol. The normalized spacial score (nSPS) is 29.8. The molecule has 0 aromatic rings. The van der Waals surface area contributed by atoms with Crippen LogP contribution >= 0.6 is 7.82 Å². The summed E-state index contributed by atoms with van der Waals surface area (Å²) in [6.45, 7) is 2.19. The van der Waals surface area contributed by atoms with Gasteiger partial charge in [0, 0.05) is 12.8 Å². The van der Waals surface area contributed by atoms with Gasteiger partial charge in [0.05, 0.1) is 19.3 Å². The van der Waals surface area contributed by atoms with Gasteiger partial charge in [0.25, 0.3) is 7.82 Å². The number of rotatable bonds is 33. The third kappa shape index (κ3) is 20.4. The van der Waals surface area contributed by atoms with Gasteiger partial charge in [-0.3, -0.25) is 14.2 Å². The third-order valence-electron chi connectivity index (χ3n) is 11.1. The molecule has 0 amide bonds. The highest BCUT2D eigenvalue weighted by Crippen LogP contribution is 2.44. The maximum Gasteiger partial charge on any atom is 0.306 e. The number of unbranched alkanes of at least 4 members (excludes halogenated alkanes) is 18. The Morgan fingerprint density at radius 2 is 1.10 bits per heavy atom. The van der Waals surface area contributed by atoms with Crippen LogP contribution in [0.5, 0.6) is 0 Å². The molecule has 0 spiro atoms. The van der Waals surface area contributed by atoms with Gasteiger partial charge in [-0.25, -0.2) is 0 Å². The second kappa shape index (κ2) is 30.7. The van der Waals surface area contributed by atoms with E-state index in [1.165, 1.54) is 64.2 Å². The Labute approximate surface area is 356 Å². The molecule has 1 heterocycles. The Bertz CT molecular complexity index is 1200. The van der Waals surface area contributed by atoms with Gasteiger partial charge in [-0.05, 0) is 12.8 Å². The van der Waals surface area contributed by atoms with E-state index < -0.39 is 113 Å². The van der Waals surface area contributed by atoms with Crippen LogP contribution in [0.1, 0.15) is 155 Å². The van der Waals surface area contributed by atoms with E-state index in [1.807, 2.05) is 0 Å². The summed E-state index contributed by atoms with van der Waals surface area (Å²) in [7, 11) is -5.54. The van der Waals surface area contributed by atoms with Crippen molar-refractivity contribution in [2.45, 2.75) is 228 Å². The number of aliphatic hydroxyl groups excluding tert-OH is 7. The van der Waals surface area contributed by atoms with E-state index in [2.05, 4.69) is 13.8 Å². The number of esters is 2. The first-order chi connectivity index (χ1) is 28.7. The maximum absolute atomic E-state index is 13.1. The van der Waals surface area contributed by atoms with Crippen molar-refractivity contribution in [3.63, 3.8) is 0 Å². The van der Waals surface area contributed by atoms with Crippen LogP contribution in [0.4, 0.5) is 0 Å². The van der Waals surface area contributed by atoms with Crippen LogP contribution in [0.15, 0.2) is 0 Å². The van der Waals surface area contributed by atoms with Crippen molar-refractivity contribution in [2.24, 2.45) is 5.73 Å². The van der Waals surface area contributed by atoms with Gasteiger partial charge in [0.2, 0.25) is 0 Å². The van der Waals surface area contributed by atoms with Crippen LogP contribution in [0.3, 0.4) is 0 Å². The number of phosphoric acid groups is 1. The van der Waals surface area contributed by atoms with Crippen LogP contribution in [0, 0.1) is 0 Å². The lowest BCUT2D eigenvalue weighted by Gasteiger charge is -2.47. The zero-order valence-corrected chi connectivity index (χ0v) is 36.7. The molecule has 0 radical (unpaired) electrons. The van der Waals surface area contributed by atoms with Crippen LogP contribution in [-0.4, -0.2) is 141 Å². The van der Waals surface area contributed by atoms with Crippen molar-refractivity contribution in [3.8, 4) is 0 Å². The molecule has 9 N–H and O–H groups in total. The zero-order chi connectivity index (χ0) is 44.5. The Balaban J connectivity index is 1.98. The number of hydrogen-bond donors (Lipinski definition) is 8. The quantitative estimate of drug-likeness (QED) is 0.0267. The first-order valence-electron chi connectivity index (χ1n) is 22.4. The minimum absolute atomic E-state index is 0.0382. The number of phosphoric ester groups is 1. The van der Waals surface area contributed by atoms with E-state index in [4.69, 9.17) is 33.7 Å². The summed E-state index contributed by atoms with van der Waals surface area (Å²) in [4.78, 5) is 38.5. The Kier molecular flexibility index (Phi) is 28.0. The Hall–Kier alpha value is -1.35. The number of carbonyl (C=O) groups is 2. The SMILES string of the molecule is CCCCCCCCCCCCC(=O)OC[C@H](COP(=O)([O-])O[C@H]1[C@@H](O)[C@H](O[C@H]2O[C@H](CO)[C@H](O)[C@H](O)[C@H]2N)[C@@H](O)[C@H](O)[C@@H]1O)OC(=O)CCCCCCCCCCCC. The highest BCUT2D eigenvalue weighted by Gasteiger charge is 2.54. The van der Waals surface area contributed by atoms with E-state index >= 15 is 0 Å². The molecule has 1 saturated carbocycles. The predicted molar refractivity (Wildman–Crippen MR) is 217 cm³/mol. The summed E-state index contributed by atoms with van der Waals surface area (Å²) in [5.74, 6) is -1.22. The molecule has 1 saturated heterocycles.